The Kier molecular flexibility index (Phi) is 3.88. The molecule has 0 spiro atoms. The van der Waals surface area contributed by atoms with E-state index < -0.39 is 0 Å². The van der Waals surface area contributed by atoms with Crippen LogP contribution in [0.2, 0.25) is 0 Å². The molecule has 21 heavy (non-hydrogen) atoms. The summed E-state index contributed by atoms with van der Waals surface area (Å²) in [5, 5.41) is 12.7. The summed E-state index contributed by atoms with van der Waals surface area (Å²) in [6, 6.07) is 14.5. The van der Waals surface area contributed by atoms with E-state index in [1.807, 2.05) is 36.4 Å². The highest BCUT2D eigenvalue weighted by Gasteiger charge is 2.25. The molecule has 1 atom stereocenters. The van der Waals surface area contributed by atoms with Crippen molar-refractivity contribution < 1.29 is 14.6 Å². The normalized spacial score (nSPS) is 17.0. The Morgan fingerprint density at radius 3 is 2.81 bits per heavy atom. The lowest BCUT2D eigenvalue weighted by Crippen LogP contribution is -2.42. The van der Waals surface area contributed by atoms with Gasteiger partial charge in [0.05, 0.1) is 0 Å². The molecule has 0 radical (unpaired) electrons. The third-order valence-electron chi connectivity index (χ3n) is 3.66. The van der Waals surface area contributed by atoms with E-state index in [4.69, 9.17) is 4.74 Å². The summed E-state index contributed by atoms with van der Waals surface area (Å²) in [4.78, 5) is 12.1. The van der Waals surface area contributed by atoms with Crippen LogP contribution >= 0.6 is 0 Å². The molecular weight excluding hydrogens is 266 g/mol. The second kappa shape index (κ2) is 5.97. The van der Waals surface area contributed by atoms with Crippen molar-refractivity contribution in [3.8, 4) is 5.75 Å². The van der Waals surface area contributed by atoms with Crippen LogP contribution in [0.5, 0.6) is 5.75 Å². The van der Waals surface area contributed by atoms with Crippen molar-refractivity contribution in [3.05, 3.63) is 65.2 Å². The molecule has 4 nitrogen and oxygen atoms in total. The Balaban J connectivity index is 1.61. The van der Waals surface area contributed by atoms with E-state index in [1.54, 1.807) is 12.1 Å². The van der Waals surface area contributed by atoms with Crippen LogP contribution in [-0.2, 0) is 29.1 Å². The monoisotopic (exact) mass is 283 g/mol. The quantitative estimate of drug-likeness (QED) is 0.847. The molecule has 0 fully saturated rings. The summed E-state index contributed by atoms with van der Waals surface area (Å²) < 4.78 is 5.35. The van der Waals surface area contributed by atoms with E-state index in [0.29, 0.717) is 13.0 Å². The van der Waals surface area contributed by atoms with Gasteiger partial charge in [-0.25, -0.2) is 0 Å². The molecule has 4 heteroatoms. The molecule has 0 saturated carbocycles. The molecule has 3 rings (SSSR count). The minimum Gasteiger partial charge on any atom is -0.508 e. The number of fused-ring (bicyclic) bond motifs is 1. The van der Waals surface area contributed by atoms with Gasteiger partial charge in [0.2, 0.25) is 0 Å². The van der Waals surface area contributed by atoms with Gasteiger partial charge in [-0.05, 0) is 35.2 Å². The van der Waals surface area contributed by atoms with Gasteiger partial charge in [0.15, 0.2) is 0 Å². The van der Waals surface area contributed by atoms with E-state index in [9.17, 15) is 9.90 Å². The highest BCUT2D eigenvalue weighted by molar-refractivity contribution is 5.76. The minimum absolute atomic E-state index is 0.229. The summed E-state index contributed by atoms with van der Waals surface area (Å²) in [5.74, 6) is -0.0279. The van der Waals surface area contributed by atoms with E-state index in [0.717, 1.165) is 16.7 Å². The SMILES string of the molecule is O=C(OCc1ccccc1)C1Cc2cc(O)ccc2CN1. The summed E-state index contributed by atoms with van der Waals surface area (Å²) >= 11 is 0. The van der Waals surface area contributed by atoms with Gasteiger partial charge >= 0.3 is 5.97 Å². The lowest BCUT2D eigenvalue weighted by atomic mass is 9.95. The molecule has 1 aliphatic rings. The van der Waals surface area contributed by atoms with Crippen molar-refractivity contribution in [2.45, 2.75) is 25.6 Å². The van der Waals surface area contributed by atoms with Gasteiger partial charge in [-0.1, -0.05) is 36.4 Å². The fraction of sp³-hybridized carbons (Fsp3) is 0.235. The molecule has 1 unspecified atom stereocenters. The third-order valence-corrected chi connectivity index (χ3v) is 3.66. The first-order valence-corrected chi connectivity index (χ1v) is 6.97. The van der Waals surface area contributed by atoms with Crippen LogP contribution in [0.15, 0.2) is 48.5 Å². The van der Waals surface area contributed by atoms with Crippen LogP contribution in [0.4, 0.5) is 0 Å². The number of rotatable bonds is 3. The minimum atomic E-state index is -0.358. The Morgan fingerprint density at radius 2 is 2.00 bits per heavy atom. The first-order valence-electron chi connectivity index (χ1n) is 6.97. The molecule has 0 bridgehead atoms. The molecule has 0 aliphatic carbocycles. The standard InChI is InChI=1S/C17H17NO3/c19-15-7-6-13-10-18-16(9-14(13)8-15)17(20)21-11-12-4-2-1-3-5-12/h1-8,16,18-19H,9-11H2. The molecule has 2 aromatic carbocycles. The number of carbonyl (C=O) groups excluding carboxylic acids is 1. The molecule has 108 valence electrons. The number of phenols is 1. The van der Waals surface area contributed by atoms with Crippen molar-refractivity contribution in [2.75, 3.05) is 0 Å². The largest absolute Gasteiger partial charge is 0.508 e. The zero-order valence-corrected chi connectivity index (χ0v) is 11.6. The van der Waals surface area contributed by atoms with Crippen molar-refractivity contribution in [3.63, 3.8) is 0 Å². The van der Waals surface area contributed by atoms with Gasteiger partial charge in [-0.3, -0.25) is 4.79 Å². The van der Waals surface area contributed by atoms with Crippen LogP contribution in [0.3, 0.4) is 0 Å². The van der Waals surface area contributed by atoms with Gasteiger partial charge in [0.1, 0.15) is 18.4 Å². The molecule has 0 aromatic heterocycles. The van der Waals surface area contributed by atoms with Crippen molar-refractivity contribution in [1.82, 2.24) is 5.32 Å². The summed E-state index contributed by atoms with van der Waals surface area (Å²) in [6.07, 6.45) is 0.539. The number of nitrogens with one attached hydrogen (secondary N) is 1. The van der Waals surface area contributed by atoms with Gasteiger partial charge in [0, 0.05) is 6.54 Å². The summed E-state index contributed by atoms with van der Waals surface area (Å²) in [6.45, 7) is 0.894. The topological polar surface area (TPSA) is 58.6 Å². The molecule has 1 heterocycles. The maximum atomic E-state index is 12.1. The predicted molar refractivity (Wildman–Crippen MR) is 78.7 cm³/mol. The Hall–Kier alpha value is -2.33. The average molecular weight is 283 g/mol. The molecule has 2 N–H and O–H groups in total. The van der Waals surface area contributed by atoms with Crippen LogP contribution in [-0.4, -0.2) is 17.1 Å². The van der Waals surface area contributed by atoms with Crippen LogP contribution in [0, 0.1) is 0 Å². The van der Waals surface area contributed by atoms with Crippen LogP contribution < -0.4 is 5.32 Å². The van der Waals surface area contributed by atoms with Gasteiger partial charge < -0.3 is 15.2 Å². The Morgan fingerprint density at radius 1 is 1.19 bits per heavy atom. The molecule has 2 aromatic rings. The Labute approximate surface area is 123 Å². The molecular formula is C17H17NO3. The fourth-order valence-electron chi connectivity index (χ4n) is 2.50. The lowest BCUT2D eigenvalue weighted by Gasteiger charge is -2.24. The molecule has 0 saturated heterocycles. The van der Waals surface area contributed by atoms with E-state index >= 15 is 0 Å². The Bertz CT molecular complexity index is 640. The smallest absolute Gasteiger partial charge is 0.323 e. The lowest BCUT2D eigenvalue weighted by molar-refractivity contribution is -0.147. The predicted octanol–water partition coefficient (Wildman–Crippen LogP) is 2.15. The number of ether oxygens (including phenoxy) is 1. The fourth-order valence-corrected chi connectivity index (χ4v) is 2.50. The highest BCUT2D eigenvalue weighted by Crippen LogP contribution is 2.22. The zero-order valence-electron chi connectivity index (χ0n) is 11.6. The number of esters is 1. The highest BCUT2D eigenvalue weighted by atomic mass is 16.5. The first kappa shape index (κ1) is 13.6. The number of phenolic OH excluding ortho intramolecular Hbond substituents is 1. The number of hydrogen-bond acceptors (Lipinski definition) is 4. The molecule has 1 aliphatic heterocycles. The maximum Gasteiger partial charge on any atom is 0.323 e. The van der Waals surface area contributed by atoms with Crippen molar-refractivity contribution >= 4 is 5.97 Å². The second-order valence-corrected chi connectivity index (χ2v) is 5.18. The maximum absolute atomic E-state index is 12.1. The van der Waals surface area contributed by atoms with Crippen LogP contribution in [0.1, 0.15) is 16.7 Å². The number of carbonyl (C=O) groups is 1. The summed E-state index contributed by atoms with van der Waals surface area (Å²) in [5.41, 5.74) is 3.08. The van der Waals surface area contributed by atoms with Crippen molar-refractivity contribution in [1.29, 1.82) is 0 Å². The number of benzene rings is 2. The van der Waals surface area contributed by atoms with E-state index in [2.05, 4.69) is 5.32 Å². The van der Waals surface area contributed by atoms with Crippen molar-refractivity contribution in [2.24, 2.45) is 0 Å². The second-order valence-electron chi connectivity index (χ2n) is 5.18. The van der Waals surface area contributed by atoms with Gasteiger partial charge in [-0.15, -0.1) is 0 Å². The number of aromatic hydroxyl groups is 1. The third kappa shape index (κ3) is 3.23. The summed E-state index contributed by atoms with van der Waals surface area (Å²) in [7, 11) is 0. The van der Waals surface area contributed by atoms with Crippen LogP contribution in [0.25, 0.3) is 0 Å². The van der Waals surface area contributed by atoms with Gasteiger partial charge in [0.25, 0.3) is 0 Å². The average Bonchev–Trinajstić information content (AvgIpc) is 2.53. The van der Waals surface area contributed by atoms with Gasteiger partial charge in [-0.2, -0.15) is 0 Å². The molecule has 0 amide bonds. The zero-order chi connectivity index (χ0) is 14.7. The number of hydrogen-bond donors (Lipinski definition) is 2. The van der Waals surface area contributed by atoms with E-state index in [-0.39, 0.29) is 24.4 Å². The first-order chi connectivity index (χ1) is 10.2. The van der Waals surface area contributed by atoms with E-state index in [1.165, 1.54) is 0 Å².